The van der Waals surface area contributed by atoms with Gasteiger partial charge in [0.05, 0.1) is 5.39 Å². The number of anilines is 1. The number of benzene rings is 1. The van der Waals surface area contributed by atoms with Crippen molar-refractivity contribution in [3.63, 3.8) is 0 Å². The molecule has 25 heavy (non-hydrogen) atoms. The van der Waals surface area contributed by atoms with Crippen LogP contribution in [0, 0.1) is 13.8 Å². The van der Waals surface area contributed by atoms with Crippen molar-refractivity contribution in [3.05, 3.63) is 46.6 Å². The highest BCUT2D eigenvalue weighted by atomic mass is 32.1. The Morgan fingerprint density at radius 3 is 2.60 bits per heavy atom. The third-order valence-corrected chi connectivity index (χ3v) is 5.25. The fraction of sp³-hybridized carbons (Fsp3) is 0.316. The van der Waals surface area contributed by atoms with E-state index in [1.165, 1.54) is 16.8 Å². The van der Waals surface area contributed by atoms with Crippen molar-refractivity contribution in [2.45, 2.75) is 33.6 Å². The molecule has 0 aliphatic heterocycles. The molecule has 0 fully saturated rings. The maximum absolute atomic E-state index is 12.2. The monoisotopic (exact) mass is 355 g/mol. The molecule has 3 rings (SSSR count). The quantitative estimate of drug-likeness (QED) is 0.734. The standard InChI is InChI=1S/C19H21N3O2S/c1-11(2)14-5-7-15(8-6-14)22-16(23)9-24-18-17-12(3)13(4)25-19(17)21-10-20-18/h5-8,10-11H,9H2,1-4H3,(H,22,23). The summed E-state index contributed by atoms with van der Waals surface area (Å²) in [5, 5.41) is 3.73. The predicted molar refractivity (Wildman–Crippen MR) is 102 cm³/mol. The lowest BCUT2D eigenvalue weighted by atomic mass is 10.0. The van der Waals surface area contributed by atoms with Gasteiger partial charge >= 0.3 is 0 Å². The molecule has 0 saturated heterocycles. The van der Waals surface area contributed by atoms with E-state index in [0.717, 1.165) is 21.5 Å². The average Bonchev–Trinajstić information content (AvgIpc) is 2.88. The second-order valence-electron chi connectivity index (χ2n) is 6.26. The smallest absolute Gasteiger partial charge is 0.262 e. The molecule has 0 aliphatic carbocycles. The summed E-state index contributed by atoms with van der Waals surface area (Å²) in [4.78, 5) is 22.7. The number of carbonyl (C=O) groups excluding carboxylic acids is 1. The number of aryl methyl sites for hydroxylation is 2. The molecule has 6 heteroatoms. The number of thiophene rings is 1. The van der Waals surface area contributed by atoms with Crippen molar-refractivity contribution in [1.82, 2.24) is 9.97 Å². The molecule has 0 aliphatic rings. The van der Waals surface area contributed by atoms with Crippen LogP contribution in [0.5, 0.6) is 5.88 Å². The summed E-state index contributed by atoms with van der Waals surface area (Å²) in [6.07, 6.45) is 1.47. The number of hydrogen-bond acceptors (Lipinski definition) is 5. The minimum atomic E-state index is -0.214. The lowest BCUT2D eigenvalue weighted by Crippen LogP contribution is -2.20. The number of amides is 1. The molecular weight excluding hydrogens is 334 g/mol. The summed E-state index contributed by atoms with van der Waals surface area (Å²) in [5.41, 5.74) is 3.09. The van der Waals surface area contributed by atoms with Crippen molar-refractivity contribution in [2.75, 3.05) is 11.9 Å². The number of carbonyl (C=O) groups is 1. The number of hydrogen-bond donors (Lipinski definition) is 1. The SMILES string of the molecule is Cc1sc2ncnc(OCC(=O)Nc3ccc(C(C)C)cc3)c2c1C. The maximum Gasteiger partial charge on any atom is 0.262 e. The first-order chi connectivity index (χ1) is 12.0. The zero-order valence-corrected chi connectivity index (χ0v) is 15.6. The van der Waals surface area contributed by atoms with E-state index in [1.54, 1.807) is 11.3 Å². The van der Waals surface area contributed by atoms with Crippen molar-refractivity contribution < 1.29 is 9.53 Å². The molecule has 0 radical (unpaired) electrons. The molecular formula is C19H21N3O2S. The van der Waals surface area contributed by atoms with Gasteiger partial charge in [-0.25, -0.2) is 9.97 Å². The number of nitrogens with one attached hydrogen (secondary N) is 1. The van der Waals surface area contributed by atoms with Crippen LogP contribution in [0.1, 0.15) is 35.8 Å². The molecule has 1 N–H and O–H groups in total. The Balaban J connectivity index is 1.66. The Bertz CT molecular complexity index is 901. The Labute approximate surface area is 151 Å². The van der Waals surface area contributed by atoms with Crippen LogP contribution >= 0.6 is 11.3 Å². The van der Waals surface area contributed by atoms with Gasteiger partial charge in [-0.3, -0.25) is 4.79 Å². The van der Waals surface area contributed by atoms with Gasteiger partial charge in [0, 0.05) is 10.6 Å². The molecule has 0 bridgehead atoms. The van der Waals surface area contributed by atoms with Crippen molar-refractivity contribution in [2.24, 2.45) is 0 Å². The molecule has 0 atom stereocenters. The highest BCUT2D eigenvalue weighted by molar-refractivity contribution is 7.18. The lowest BCUT2D eigenvalue weighted by molar-refractivity contribution is -0.118. The van der Waals surface area contributed by atoms with Gasteiger partial charge < -0.3 is 10.1 Å². The van der Waals surface area contributed by atoms with Crippen LogP contribution in [0.4, 0.5) is 5.69 Å². The molecule has 3 aromatic rings. The zero-order valence-electron chi connectivity index (χ0n) is 14.8. The van der Waals surface area contributed by atoms with E-state index in [-0.39, 0.29) is 12.5 Å². The Morgan fingerprint density at radius 1 is 1.20 bits per heavy atom. The summed E-state index contributed by atoms with van der Waals surface area (Å²) in [7, 11) is 0. The lowest BCUT2D eigenvalue weighted by Gasteiger charge is -2.09. The summed E-state index contributed by atoms with van der Waals surface area (Å²) in [6.45, 7) is 8.24. The molecule has 2 heterocycles. The highest BCUT2D eigenvalue weighted by Crippen LogP contribution is 2.33. The van der Waals surface area contributed by atoms with Gasteiger partial charge in [-0.2, -0.15) is 0 Å². The topological polar surface area (TPSA) is 64.1 Å². The number of nitrogens with zero attached hydrogens (tertiary/aromatic N) is 2. The van der Waals surface area contributed by atoms with E-state index < -0.39 is 0 Å². The summed E-state index contributed by atoms with van der Waals surface area (Å²) < 4.78 is 5.65. The molecule has 2 aromatic heterocycles. The fourth-order valence-corrected chi connectivity index (χ4v) is 3.53. The number of rotatable bonds is 5. The minimum absolute atomic E-state index is 0.0909. The minimum Gasteiger partial charge on any atom is -0.467 e. The Morgan fingerprint density at radius 2 is 1.92 bits per heavy atom. The molecule has 0 saturated carbocycles. The van der Waals surface area contributed by atoms with Gasteiger partial charge in [0.25, 0.3) is 5.91 Å². The number of ether oxygens (including phenoxy) is 1. The van der Waals surface area contributed by atoms with Crippen LogP contribution in [0.25, 0.3) is 10.2 Å². The molecule has 0 spiro atoms. The molecule has 1 amide bonds. The van der Waals surface area contributed by atoms with Crippen LogP contribution in [0.2, 0.25) is 0 Å². The van der Waals surface area contributed by atoms with E-state index in [2.05, 4.69) is 29.1 Å². The first-order valence-electron chi connectivity index (χ1n) is 8.19. The molecule has 130 valence electrons. The maximum atomic E-state index is 12.2. The van der Waals surface area contributed by atoms with Crippen LogP contribution < -0.4 is 10.1 Å². The Kier molecular flexibility index (Phi) is 4.99. The third-order valence-electron chi connectivity index (χ3n) is 4.13. The van der Waals surface area contributed by atoms with Crippen LogP contribution in [-0.4, -0.2) is 22.5 Å². The van der Waals surface area contributed by atoms with E-state index in [1.807, 2.05) is 38.1 Å². The predicted octanol–water partition coefficient (Wildman–Crippen LogP) is 4.45. The highest BCUT2D eigenvalue weighted by Gasteiger charge is 2.14. The van der Waals surface area contributed by atoms with Crippen LogP contribution in [0.3, 0.4) is 0 Å². The van der Waals surface area contributed by atoms with Crippen molar-refractivity contribution in [3.8, 4) is 5.88 Å². The molecule has 1 aromatic carbocycles. The second kappa shape index (κ2) is 7.19. The number of aromatic nitrogens is 2. The second-order valence-corrected chi connectivity index (χ2v) is 7.46. The van der Waals surface area contributed by atoms with Gasteiger partial charge in [0.2, 0.25) is 5.88 Å². The van der Waals surface area contributed by atoms with Gasteiger partial charge in [-0.15, -0.1) is 11.3 Å². The van der Waals surface area contributed by atoms with Gasteiger partial charge in [0.1, 0.15) is 11.2 Å². The number of fused-ring (bicyclic) bond motifs is 1. The summed E-state index contributed by atoms with van der Waals surface area (Å²) >= 11 is 1.60. The van der Waals surface area contributed by atoms with E-state index >= 15 is 0 Å². The van der Waals surface area contributed by atoms with Crippen LogP contribution in [-0.2, 0) is 4.79 Å². The van der Waals surface area contributed by atoms with E-state index in [4.69, 9.17) is 4.74 Å². The van der Waals surface area contributed by atoms with Crippen molar-refractivity contribution >= 4 is 33.1 Å². The van der Waals surface area contributed by atoms with Gasteiger partial charge in [0.15, 0.2) is 6.61 Å². The molecule has 5 nitrogen and oxygen atoms in total. The molecule has 0 unspecified atom stereocenters. The normalized spacial score (nSPS) is 11.1. The van der Waals surface area contributed by atoms with E-state index in [0.29, 0.717) is 11.8 Å². The van der Waals surface area contributed by atoms with Crippen LogP contribution in [0.15, 0.2) is 30.6 Å². The Hall–Kier alpha value is -2.47. The third kappa shape index (κ3) is 3.79. The summed E-state index contributed by atoms with van der Waals surface area (Å²) in [6, 6.07) is 7.85. The fourth-order valence-electron chi connectivity index (χ4n) is 2.54. The van der Waals surface area contributed by atoms with Gasteiger partial charge in [-0.05, 0) is 43.0 Å². The van der Waals surface area contributed by atoms with Crippen molar-refractivity contribution in [1.29, 1.82) is 0 Å². The van der Waals surface area contributed by atoms with Gasteiger partial charge in [-0.1, -0.05) is 26.0 Å². The largest absolute Gasteiger partial charge is 0.467 e. The first-order valence-corrected chi connectivity index (χ1v) is 9.00. The zero-order chi connectivity index (χ0) is 18.0. The van der Waals surface area contributed by atoms with E-state index in [9.17, 15) is 4.79 Å². The summed E-state index contributed by atoms with van der Waals surface area (Å²) in [5.74, 6) is 0.705. The average molecular weight is 355 g/mol. The first kappa shape index (κ1) is 17.4.